The predicted octanol–water partition coefficient (Wildman–Crippen LogP) is 13.5. The Bertz CT molecular complexity index is 5550. The van der Waals surface area contributed by atoms with Crippen LogP contribution in [0.15, 0.2) is 114 Å². The molecule has 12 N–H and O–H groups in total. The molecule has 648 valence electrons. The number of carbonyl (C=O) groups is 1. The van der Waals surface area contributed by atoms with Crippen molar-refractivity contribution in [3.63, 3.8) is 0 Å². The highest BCUT2D eigenvalue weighted by Gasteiger charge is 2.30. The molecule has 13 heterocycles. The van der Waals surface area contributed by atoms with E-state index < -0.39 is 6.10 Å². The van der Waals surface area contributed by atoms with E-state index in [4.69, 9.17) is 76.0 Å². The summed E-state index contributed by atoms with van der Waals surface area (Å²) in [6.07, 6.45) is 11.6. The van der Waals surface area contributed by atoms with Crippen LogP contribution in [0.4, 0.5) is 23.3 Å². The zero-order chi connectivity index (χ0) is 85.9. The number of benzene rings is 4. The van der Waals surface area contributed by atoms with Gasteiger partial charge in [0.15, 0.2) is 123 Å². The number of imidazole rings is 4. The lowest BCUT2D eigenvalue weighted by Crippen LogP contribution is -2.43. The number of aliphatic hydroxyl groups excluding tert-OH is 1. The number of fused-ring (bicyclic) bond motifs is 8. The first kappa shape index (κ1) is 90.7. The first-order chi connectivity index (χ1) is 58.8. The van der Waals surface area contributed by atoms with E-state index in [-0.39, 0.29) is 11.4 Å². The van der Waals surface area contributed by atoms with Gasteiger partial charge in [0.05, 0.1) is 6.61 Å². The van der Waals surface area contributed by atoms with Gasteiger partial charge >= 0.3 is 0 Å². The van der Waals surface area contributed by atoms with Crippen molar-refractivity contribution in [1.82, 2.24) is 98.9 Å². The summed E-state index contributed by atoms with van der Waals surface area (Å²) < 4.78 is 53.0. The summed E-state index contributed by atoms with van der Waals surface area (Å²) in [6.45, 7) is 27.9. The largest absolute Gasteiger partial charge is 0.493 e. The van der Waals surface area contributed by atoms with Crippen LogP contribution < -0.4 is 72.0 Å². The molecule has 0 radical (unpaired) electrons. The number of likely N-dealkylation sites (tertiary alicyclic amines) is 1. The average molecular weight is 2190 g/mol. The number of ether oxygens (including phenoxy) is 7. The van der Waals surface area contributed by atoms with Crippen molar-refractivity contribution in [2.45, 2.75) is 190 Å². The summed E-state index contributed by atoms with van der Waals surface area (Å²) in [7, 11) is 0. The Kier molecular flexibility index (Phi) is 31.1. The van der Waals surface area contributed by atoms with E-state index in [1.165, 1.54) is 41.4 Å². The van der Waals surface area contributed by atoms with Crippen LogP contribution in [0.3, 0.4) is 0 Å². The molecule has 5 aliphatic heterocycles. The fraction of sp³-hybridized carbons (Fsp3) is 0.444. The minimum atomic E-state index is -0.939. The maximum atomic E-state index is 12.1. The average Bonchev–Trinajstić information content (AvgIpc) is 1.69. The number of aromatic nitrogens is 16. The number of nitrogens with two attached hydrogens (primary N) is 4. The van der Waals surface area contributed by atoms with Gasteiger partial charge in [0.25, 0.3) is 5.91 Å². The van der Waals surface area contributed by atoms with Crippen molar-refractivity contribution >= 4 is 211 Å². The maximum Gasteiger partial charge on any atom is 0.251 e. The maximum absolute atomic E-state index is 12.1. The van der Waals surface area contributed by atoms with Gasteiger partial charge in [-0.15, -0.1) is 0 Å². The molecule has 122 heavy (non-hydrogen) atoms. The number of aryl methyl sites for hydroxylation is 4. The number of hydrogen-bond acceptors (Lipinski definition) is 32. The Hall–Kier alpha value is -7.49. The molecular formula is C81H98I4N24O9S4. The van der Waals surface area contributed by atoms with Gasteiger partial charge in [0.1, 0.15) is 76.8 Å². The number of aliphatic hydroxyl groups is 1. The van der Waals surface area contributed by atoms with Crippen LogP contribution in [0, 0.1) is 20.2 Å². The third kappa shape index (κ3) is 22.7. The number of nitrogen functional groups attached to an aromatic ring is 4. The molecule has 1 saturated heterocycles. The zero-order valence-electron chi connectivity index (χ0n) is 68.8. The van der Waals surface area contributed by atoms with E-state index in [0.717, 1.165) is 211 Å². The molecule has 4 aromatic carbocycles. The Morgan fingerprint density at radius 3 is 1.20 bits per heavy atom. The van der Waals surface area contributed by atoms with Gasteiger partial charge in [-0.3, -0.25) is 4.79 Å². The lowest BCUT2D eigenvalue weighted by atomic mass is 9.93. The van der Waals surface area contributed by atoms with E-state index in [9.17, 15) is 9.90 Å². The Morgan fingerprint density at radius 1 is 0.475 bits per heavy atom. The van der Waals surface area contributed by atoms with E-state index in [0.29, 0.717) is 116 Å². The number of nitrogens with zero attached hydrogens (tertiary/aromatic N) is 17. The summed E-state index contributed by atoms with van der Waals surface area (Å²) in [6, 6.07) is 17.3. The Balaban J connectivity index is 0.000000133. The number of halogens is 4. The molecule has 0 saturated carbocycles. The zero-order valence-corrected chi connectivity index (χ0v) is 80.7. The van der Waals surface area contributed by atoms with E-state index in [1.807, 2.05) is 36.4 Å². The highest BCUT2D eigenvalue weighted by Crippen LogP contribution is 2.46. The molecule has 12 aromatic rings. The number of amides is 1. The molecule has 1 amide bonds. The quantitative estimate of drug-likeness (QED) is 0.0184. The normalized spacial score (nSPS) is 14.5. The van der Waals surface area contributed by atoms with Gasteiger partial charge in [-0.05, 0) is 236 Å². The summed E-state index contributed by atoms with van der Waals surface area (Å²) in [4.78, 5) is 71.4. The van der Waals surface area contributed by atoms with Crippen LogP contribution in [0.5, 0.6) is 40.2 Å². The molecule has 1 atom stereocenters. The molecular weight excluding hydrogens is 2090 g/mol. The van der Waals surface area contributed by atoms with Crippen molar-refractivity contribution in [3.8, 4) is 40.2 Å². The monoisotopic (exact) mass is 2190 g/mol. The molecule has 5 aliphatic rings. The fourth-order valence-corrected chi connectivity index (χ4v) is 20.8. The first-order valence-electron chi connectivity index (χ1n) is 40.3. The van der Waals surface area contributed by atoms with E-state index in [2.05, 4.69) is 225 Å². The molecule has 1 fully saturated rings. The number of nitrogens with one attached hydrogen (secondary N) is 3. The first-order valence-corrected chi connectivity index (χ1v) is 47.9. The molecule has 8 aromatic heterocycles. The Labute approximate surface area is 777 Å². The van der Waals surface area contributed by atoms with Crippen molar-refractivity contribution in [2.24, 2.45) is 5.92 Å². The summed E-state index contributed by atoms with van der Waals surface area (Å²) in [5.41, 5.74) is 31.2. The van der Waals surface area contributed by atoms with Crippen molar-refractivity contribution in [1.29, 1.82) is 0 Å². The molecule has 17 rings (SSSR count). The van der Waals surface area contributed by atoms with E-state index >= 15 is 0 Å². The minimum absolute atomic E-state index is 0.0858. The standard InChI is InChI=1S/C23H27IN6O3S.C20H25IN6O2S.2C19H23IN6O2S/c1-13(31)22(32)29-6-2-14(3-7-29)4-8-30-21-19(20(25)26-12-27-21)28-23(30)34-18-11-17-15(5-9-33-17)10-16(18)24;1-20(2,3)25-5-4-6-27-18-16(17(22)23-11-24-18)26-19(27)30-15-10-14-13(9-12(15)21)28-7-8-29-14;2*1-11(2)22-4-3-5-26-18-16(17(21)23-10-24-18)25-19(26)29-15-9-14-13(8-12(15)20)27-6-7-28-14/h10-14,31H,2-9H2,1H3,(H2,25,26,27);9-11,25H,4-8H2,1-3H3,(H2,22,23,24);2*8-11,22H,3-7H2,1-2H3,(H2,21,23,24)/t13-;;;/m0.../s1/i24+4;21-3;20+4;20-3. The smallest absolute Gasteiger partial charge is 0.251 e. The highest BCUT2D eigenvalue weighted by molar-refractivity contribution is 14.1. The SMILES string of the molecule is CC(C)(C)NCCCn1c(Sc2cc3c(cc2[124I])OCCO3)nc2c(N)ncnc21.CC(C)NCCCn1c(Sc2cc3c(cc2[124I])OCCO3)nc2c(N)ncnc21.CC(C)NCCCn1c(Sc2cc3c(cc2[131I])OCCO3)nc2c(N)ncnc21.C[C@H](O)C(=O)N1CCC(CCn2c(Sc3cc4c(cc3[131I])CCO4)nc3c(N)ncnc32)CC1. The summed E-state index contributed by atoms with van der Waals surface area (Å²) in [5, 5.41) is 23.4. The molecule has 0 unspecified atom stereocenters. The van der Waals surface area contributed by atoms with Gasteiger partial charge in [0.2, 0.25) is 0 Å². The highest BCUT2D eigenvalue weighted by atomic mass is 131. The lowest BCUT2D eigenvalue weighted by molar-refractivity contribution is -0.140. The molecule has 0 spiro atoms. The third-order valence-electron chi connectivity index (χ3n) is 19.9. The van der Waals surface area contributed by atoms with Gasteiger partial charge in [-0.1, -0.05) is 74.7 Å². The lowest BCUT2D eigenvalue weighted by Gasteiger charge is -2.32. The van der Waals surface area contributed by atoms with Gasteiger partial charge in [0, 0.05) is 97.2 Å². The number of rotatable bonds is 26. The van der Waals surface area contributed by atoms with Crippen LogP contribution in [0.25, 0.3) is 44.7 Å². The van der Waals surface area contributed by atoms with Crippen LogP contribution in [-0.2, 0) is 37.4 Å². The van der Waals surface area contributed by atoms with Gasteiger partial charge in [-0.25, -0.2) is 59.8 Å². The number of piperidine rings is 1. The molecule has 0 aliphatic carbocycles. The van der Waals surface area contributed by atoms with E-state index in [1.54, 1.807) is 51.9 Å². The summed E-state index contributed by atoms with van der Waals surface area (Å²) in [5.74, 6) is 7.47. The molecule has 0 bridgehead atoms. The Morgan fingerprint density at radius 2 is 0.811 bits per heavy atom. The summed E-state index contributed by atoms with van der Waals surface area (Å²) >= 11 is 15.6. The predicted molar refractivity (Wildman–Crippen MR) is 508 cm³/mol. The minimum Gasteiger partial charge on any atom is -0.493 e. The second-order valence-electron chi connectivity index (χ2n) is 30.8. The fourth-order valence-electron chi connectivity index (χ4n) is 13.8. The number of hydrogen-bond donors (Lipinski definition) is 8. The number of anilines is 4. The second kappa shape index (κ2) is 41.8. The van der Waals surface area contributed by atoms with Crippen LogP contribution in [-0.4, -0.2) is 197 Å². The van der Waals surface area contributed by atoms with Gasteiger partial charge < -0.3 is 100 Å². The second-order valence-corrected chi connectivity index (χ2v) is 39.5. The van der Waals surface area contributed by atoms with Crippen LogP contribution >= 0.6 is 137 Å². The van der Waals surface area contributed by atoms with Crippen LogP contribution in [0.1, 0.15) is 99.5 Å². The van der Waals surface area contributed by atoms with Gasteiger partial charge in [-0.2, -0.15) is 0 Å². The van der Waals surface area contributed by atoms with Crippen molar-refractivity contribution < 1.29 is 43.1 Å². The van der Waals surface area contributed by atoms with Crippen molar-refractivity contribution in [3.05, 3.63) is 93.7 Å². The number of carbonyl (C=O) groups excluding carboxylic acids is 1. The van der Waals surface area contributed by atoms with Crippen LogP contribution in [0.2, 0.25) is 0 Å². The topological polar surface area (TPSA) is 420 Å². The third-order valence-corrected chi connectivity index (χ3v) is 29.2. The molecule has 41 heteroatoms. The van der Waals surface area contributed by atoms with Crippen molar-refractivity contribution in [2.75, 3.05) is 102 Å². The molecule has 33 nitrogen and oxygen atoms in total.